The molecule has 0 atom stereocenters. The minimum atomic E-state index is -0.851. The van der Waals surface area contributed by atoms with Crippen molar-refractivity contribution >= 4 is 11.7 Å². The summed E-state index contributed by atoms with van der Waals surface area (Å²) >= 11 is 0. The summed E-state index contributed by atoms with van der Waals surface area (Å²) in [6, 6.07) is 7.92. The second-order valence-electron chi connectivity index (χ2n) is 5.46. The highest BCUT2D eigenvalue weighted by Gasteiger charge is 2.29. The third-order valence-electron chi connectivity index (χ3n) is 3.36. The normalized spacial score (nSPS) is 14.8. The second kappa shape index (κ2) is 5.42. The van der Waals surface area contributed by atoms with Crippen LogP contribution in [0.15, 0.2) is 24.3 Å². The van der Waals surface area contributed by atoms with Gasteiger partial charge in [0.1, 0.15) is 0 Å². The minimum Gasteiger partial charge on any atom is -0.478 e. The Morgan fingerprint density at radius 3 is 2.72 bits per heavy atom. The smallest absolute Gasteiger partial charge is 0.335 e. The lowest BCUT2D eigenvalue weighted by atomic mass is 10.1. The monoisotopic (exact) mass is 247 g/mol. The first-order chi connectivity index (χ1) is 8.58. The number of hydrogen-bond acceptors (Lipinski definition) is 2. The number of hydrogen-bond donors (Lipinski definition) is 1. The molecule has 1 aliphatic carbocycles. The van der Waals surface area contributed by atoms with Crippen molar-refractivity contribution in [3.8, 4) is 0 Å². The number of benzene rings is 1. The zero-order valence-electron chi connectivity index (χ0n) is 11.1. The zero-order valence-corrected chi connectivity index (χ0v) is 11.1. The molecule has 0 unspecified atom stereocenters. The molecule has 0 radical (unpaired) electrons. The summed E-state index contributed by atoms with van der Waals surface area (Å²) in [5, 5.41) is 9.04. The van der Waals surface area contributed by atoms with Crippen LogP contribution in [0.5, 0.6) is 0 Å². The summed E-state index contributed by atoms with van der Waals surface area (Å²) in [7, 11) is 0. The van der Waals surface area contributed by atoms with Crippen LogP contribution < -0.4 is 4.90 Å². The number of carboxylic acid groups (broad SMARTS) is 1. The molecule has 1 fully saturated rings. The van der Waals surface area contributed by atoms with Crippen molar-refractivity contribution in [3.63, 3.8) is 0 Å². The van der Waals surface area contributed by atoms with E-state index in [1.54, 1.807) is 12.1 Å². The topological polar surface area (TPSA) is 40.5 Å². The molecule has 0 heterocycles. The van der Waals surface area contributed by atoms with Gasteiger partial charge in [0.25, 0.3) is 0 Å². The molecule has 3 nitrogen and oxygen atoms in total. The Morgan fingerprint density at radius 2 is 2.17 bits per heavy atom. The van der Waals surface area contributed by atoms with E-state index in [1.165, 1.54) is 12.8 Å². The lowest BCUT2D eigenvalue weighted by Crippen LogP contribution is -2.27. The summed E-state index contributed by atoms with van der Waals surface area (Å²) in [6.07, 6.45) is 3.61. The van der Waals surface area contributed by atoms with Crippen molar-refractivity contribution < 1.29 is 9.90 Å². The lowest BCUT2D eigenvalue weighted by molar-refractivity contribution is 0.0697. The van der Waals surface area contributed by atoms with E-state index < -0.39 is 5.97 Å². The van der Waals surface area contributed by atoms with E-state index in [4.69, 9.17) is 5.11 Å². The molecule has 0 bridgehead atoms. The van der Waals surface area contributed by atoms with Crippen LogP contribution in [0.25, 0.3) is 0 Å². The van der Waals surface area contributed by atoms with E-state index in [2.05, 4.69) is 18.7 Å². The van der Waals surface area contributed by atoms with Crippen molar-refractivity contribution in [2.75, 3.05) is 11.4 Å². The van der Waals surface area contributed by atoms with Crippen molar-refractivity contribution in [2.45, 2.75) is 39.2 Å². The van der Waals surface area contributed by atoms with Gasteiger partial charge in [-0.15, -0.1) is 0 Å². The first-order valence-corrected chi connectivity index (χ1v) is 6.68. The quantitative estimate of drug-likeness (QED) is 0.837. The average Bonchev–Trinajstić information content (AvgIpc) is 3.14. The Bertz CT molecular complexity index is 424. The molecule has 0 amide bonds. The summed E-state index contributed by atoms with van der Waals surface area (Å²) < 4.78 is 0. The van der Waals surface area contributed by atoms with Gasteiger partial charge in [0.2, 0.25) is 0 Å². The maximum absolute atomic E-state index is 11.0. The van der Waals surface area contributed by atoms with Crippen molar-refractivity contribution in [3.05, 3.63) is 29.8 Å². The number of rotatable bonds is 6. The van der Waals surface area contributed by atoms with E-state index in [-0.39, 0.29) is 0 Å². The van der Waals surface area contributed by atoms with Gasteiger partial charge in [0.05, 0.1) is 5.56 Å². The molecule has 1 aliphatic rings. The van der Waals surface area contributed by atoms with Gasteiger partial charge in [-0.05, 0) is 43.4 Å². The highest BCUT2D eigenvalue weighted by Crippen LogP contribution is 2.32. The van der Waals surface area contributed by atoms with Crippen LogP contribution in [0.2, 0.25) is 0 Å². The third-order valence-corrected chi connectivity index (χ3v) is 3.36. The van der Waals surface area contributed by atoms with Gasteiger partial charge in [-0.3, -0.25) is 0 Å². The Kier molecular flexibility index (Phi) is 3.90. The zero-order chi connectivity index (χ0) is 13.1. The van der Waals surface area contributed by atoms with Crippen LogP contribution in [0.1, 0.15) is 43.5 Å². The summed E-state index contributed by atoms with van der Waals surface area (Å²) in [5.74, 6) is -0.176. The van der Waals surface area contributed by atoms with Gasteiger partial charge in [0, 0.05) is 18.3 Å². The summed E-state index contributed by atoms with van der Waals surface area (Å²) in [4.78, 5) is 13.4. The Hall–Kier alpha value is -1.51. The second-order valence-corrected chi connectivity index (χ2v) is 5.46. The molecular formula is C15H21NO2. The molecule has 0 saturated heterocycles. The van der Waals surface area contributed by atoms with Crippen LogP contribution in [0.3, 0.4) is 0 Å². The summed E-state index contributed by atoms with van der Waals surface area (Å²) in [6.45, 7) is 5.46. The van der Waals surface area contributed by atoms with Crippen molar-refractivity contribution in [2.24, 2.45) is 5.92 Å². The molecule has 0 aliphatic heterocycles. The predicted octanol–water partition coefficient (Wildman–Crippen LogP) is 3.40. The average molecular weight is 247 g/mol. The van der Waals surface area contributed by atoms with E-state index >= 15 is 0 Å². The van der Waals surface area contributed by atoms with Crippen LogP contribution in [0, 0.1) is 5.92 Å². The SMILES string of the molecule is CC(C)CCN(c1cccc(C(=O)O)c1)C1CC1. The first kappa shape index (κ1) is 12.9. The molecular weight excluding hydrogens is 226 g/mol. The maximum atomic E-state index is 11.0. The van der Waals surface area contributed by atoms with Crippen LogP contribution in [-0.2, 0) is 0 Å². The molecule has 0 spiro atoms. The van der Waals surface area contributed by atoms with Crippen molar-refractivity contribution in [1.29, 1.82) is 0 Å². The summed E-state index contributed by atoms with van der Waals surface area (Å²) in [5.41, 5.74) is 1.43. The maximum Gasteiger partial charge on any atom is 0.335 e. The van der Waals surface area contributed by atoms with Gasteiger partial charge < -0.3 is 10.0 Å². The highest BCUT2D eigenvalue weighted by atomic mass is 16.4. The van der Waals surface area contributed by atoms with Crippen LogP contribution >= 0.6 is 0 Å². The molecule has 0 aromatic heterocycles. The molecule has 18 heavy (non-hydrogen) atoms. The van der Waals surface area contributed by atoms with Crippen molar-refractivity contribution in [1.82, 2.24) is 0 Å². The lowest BCUT2D eigenvalue weighted by Gasteiger charge is -2.25. The molecule has 2 rings (SSSR count). The van der Waals surface area contributed by atoms with Gasteiger partial charge in [-0.2, -0.15) is 0 Å². The molecule has 1 N–H and O–H groups in total. The molecule has 3 heteroatoms. The standard InChI is InChI=1S/C15H21NO2/c1-11(2)8-9-16(13-6-7-13)14-5-3-4-12(10-14)15(17)18/h3-5,10-11,13H,6-9H2,1-2H3,(H,17,18). The first-order valence-electron chi connectivity index (χ1n) is 6.68. The fraction of sp³-hybridized carbons (Fsp3) is 0.533. The number of aromatic carboxylic acids is 1. The third kappa shape index (κ3) is 3.25. The van der Waals surface area contributed by atoms with Crippen LogP contribution in [-0.4, -0.2) is 23.7 Å². The molecule has 1 aromatic rings. The Labute approximate surface area is 108 Å². The molecule has 1 saturated carbocycles. The molecule has 1 aromatic carbocycles. The largest absolute Gasteiger partial charge is 0.478 e. The Morgan fingerprint density at radius 1 is 1.44 bits per heavy atom. The van der Waals surface area contributed by atoms with Gasteiger partial charge in [-0.1, -0.05) is 19.9 Å². The molecule has 98 valence electrons. The van der Waals surface area contributed by atoms with E-state index in [0.29, 0.717) is 17.5 Å². The van der Waals surface area contributed by atoms with Crippen LogP contribution in [0.4, 0.5) is 5.69 Å². The van der Waals surface area contributed by atoms with E-state index in [0.717, 1.165) is 18.7 Å². The minimum absolute atomic E-state index is 0.377. The predicted molar refractivity (Wildman–Crippen MR) is 73.2 cm³/mol. The highest BCUT2D eigenvalue weighted by molar-refractivity contribution is 5.88. The van der Waals surface area contributed by atoms with Gasteiger partial charge in [0.15, 0.2) is 0 Å². The number of nitrogens with zero attached hydrogens (tertiary/aromatic N) is 1. The number of anilines is 1. The Balaban J connectivity index is 2.14. The van der Waals surface area contributed by atoms with E-state index in [9.17, 15) is 4.79 Å². The van der Waals surface area contributed by atoms with Gasteiger partial charge >= 0.3 is 5.97 Å². The fourth-order valence-corrected chi connectivity index (χ4v) is 2.12. The fourth-order valence-electron chi connectivity index (χ4n) is 2.12. The number of carbonyl (C=O) groups is 1. The van der Waals surface area contributed by atoms with Gasteiger partial charge in [-0.25, -0.2) is 4.79 Å². The number of carboxylic acids is 1. The van der Waals surface area contributed by atoms with E-state index in [1.807, 2.05) is 12.1 Å².